The molecule has 1 aromatic heterocycles. The fourth-order valence-corrected chi connectivity index (χ4v) is 4.82. The van der Waals surface area contributed by atoms with Gasteiger partial charge in [0.15, 0.2) is 0 Å². The Labute approximate surface area is 162 Å². The van der Waals surface area contributed by atoms with Crippen molar-refractivity contribution in [2.24, 2.45) is 0 Å². The minimum atomic E-state index is -3.81. The summed E-state index contributed by atoms with van der Waals surface area (Å²) in [7, 11) is -3.81. The third kappa shape index (κ3) is 3.98. The van der Waals surface area contributed by atoms with Crippen molar-refractivity contribution < 1.29 is 12.8 Å². The van der Waals surface area contributed by atoms with E-state index in [0.717, 1.165) is 12.0 Å². The second kappa shape index (κ2) is 7.86. The molecule has 136 valence electrons. The highest BCUT2D eigenvalue weighted by atomic mass is 35.5. The van der Waals surface area contributed by atoms with Gasteiger partial charge in [-0.2, -0.15) is 4.98 Å². The van der Waals surface area contributed by atoms with Crippen molar-refractivity contribution in [3.8, 4) is 11.5 Å². The Morgan fingerprint density at radius 1 is 1.12 bits per heavy atom. The largest absolute Gasteiger partial charge is 0.428 e. The Kier molecular flexibility index (Phi) is 5.75. The van der Waals surface area contributed by atoms with Gasteiger partial charge in [-0.15, -0.1) is 0 Å². The molecule has 1 atom stereocenters. The van der Waals surface area contributed by atoms with E-state index < -0.39 is 9.84 Å². The Morgan fingerprint density at radius 2 is 1.77 bits per heavy atom. The van der Waals surface area contributed by atoms with Crippen molar-refractivity contribution in [1.82, 2.24) is 4.98 Å². The van der Waals surface area contributed by atoms with E-state index in [2.05, 4.69) is 4.98 Å². The lowest BCUT2D eigenvalue weighted by Gasteiger charge is -2.07. The van der Waals surface area contributed by atoms with Crippen LogP contribution in [0, 0.1) is 0 Å². The first kappa shape index (κ1) is 19.0. The molecule has 0 bridgehead atoms. The number of rotatable bonds is 6. The summed E-state index contributed by atoms with van der Waals surface area (Å²) in [6.45, 7) is 4.06. The van der Waals surface area contributed by atoms with Gasteiger partial charge in [0, 0.05) is 15.8 Å². The number of oxazole rings is 1. The van der Waals surface area contributed by atoms with Crippen LogP contribution < -0.4 is 0 Å². The van der Waals surface area contributed by atoms with Gasteiger partial charge in [0.2, 0.25) is 25.8 Å². The first-order valence-corrected chi connectivity index (χ1v) is 10.9. The van der Waals surface area contributed by atoms with Crippen LogP contribution in [0.5, 0.6) is 0 Å². The van der Waals surface area contributed by atoms with E-state index in [0.29, 0.717) is 16.0 Å². The molecule has 7 heteroatoms. The Morgan fingerprint density at radius 3 is 2.38 bits per heavy atom. The summed E-state index contributed by atoms with van der Waals surface area (Å²) in [6.07, 6.45) is 0.881. The monoisotopic (exact) mass is 407 g/mol. The van der Waals surface area contributed by atoms with Gasteiger partial charge < -0.3 is 4.42 Å². The fraction of sp³-hybridized carbons (Fsp3) is 0.211. The molecule has 3 rings (SSSR count). The molecule has 0 saturated carbocycles. The van der Waals surface area contributed by atoms with Gasteiger partial charge in [-0.1, -0.05) is 55.4 Å². The lowest BCUT2D eigenvalue weighted by Crippen LogP contribution is -2.04. The van der Waals surface area contributed by atoms with Crippen molar-refractivity contribution in [1.29, 1.82) is 0 Å². The summed E-state index contributed by atoms with van der Waals surface area (Å²) < 4.78 is 32.1. The van der Waals surface area contributed by atoms with Crippen molar-refractivity contribution >= 4 is 33.2 Å². The third-order valence-electron chi connectivity index (χ3n) is 3.85. The van der Waals surface area contributed by atoms with Crippen LogP contribution in [-0.2, 0) is 9.84 Å². The molecule has 3 aromatic rings. The summed E-state index contributed by atoms with van der Waals surface area (Å²) >= 11 is 7.25. The lowest BCUT2D eigenvalue weighted by atomic mass is 10.2. The lowest BCUT2D eigenvalue weighted by molar-refractivity contribution is 0.469. The molecule has 0 radical (unpaired) electrons. The first-order chi connectivity index (χ1) is 12.4. The second-order valence-corrected chi connectivity index (χ2v) is 9.48. The van der Waals surface area contributed by atoms with Crippen LogP contribution in [0.1, 0.15) is 20.3 Å². The maximum atomic E-state index is 13.1. The van der Waals surface area contributed by atoms with Gasteiger partial charge in [-0.05, 0) is 42.8 Å². The molecular weight excluding hydrogens is 390 g/mol. The van der Waals surface area contributed by atoms with Crippen molar-refractivity contribution in [2.45, 2.75) is 40.5 Å². The SMILES string of the molecule is CC[C@H](C)Sc1oc(-c2ccccc2)nc1S(=O)(=O)c1ccc(Cl)cc1. The summed E-state index contributed by atoms with van der Waals surface area (Å²) in [5, 5.41) is 0.936. The molecule has 0 fully saturated rings. The molecule has 26 heavy (non-hydrogen) atoms. The van der Waals surface area contributed by atoms with E-state index in [1.165, 1.54) is 23.9 Å². The van der Waals surface area contributed by atoms with Gasteiger partial charge in [0.1, 0.15) is 0 Å². The molecule has 0 aliphatic carbocycles. The van der Waals surface area contributed by atoms with Crippen LogP contribution in [0.25, 0.3) is 11.5 Å². The molecule has 0 aliphatic heterocycles. The number of aromatic nitrogens is 1. The zero-order chi connectivity index (χ0) is 18.7. The van der Waals surface area contributed by atoms with E-state index in [4.69, 9.17) is 16.0 Å². The molecule has 0 unspecified atom stereocenters. The van der Waals surface area contributed by atoms with Crippen LogP contribution in [0.4, 0.5) is 0 Å². The second-order valence-electron chi connectivity index (χ2n) is 5.77. The minimum absolute atomic E-state index is 0.0519. The third-order valence-corrected chi connectivity index (χ3v) is 7.14. The summed E-state index contributed by atoms with van der Waals surface area (Å²) in [4.78, 5) is 4.47. The minimum Gasteiger partial charge on any atom is -0.428 e. The molecule has 0 aliphatic rings. The van der Waals surface area contributed by atoms with Crippen LogP contribution in [0.2, 0.25) is 5.02 Å². The zero-order valence-corrected chi connectivity index (χ0v) is 16.7. The predicted octanol–water partition coefficient (Wildman–Crippen LogP) is 5.72. The van der Waals surface area contributed by atoms with Crippen LogP contribution >= 0.6 is 23.4 Å². The molecule has 2 aromatic carbocycles. The van der Waals surface area contributed by atoms with Crippen LogP contribution in [-0.4, -0.2) is 18.7 Å². The number of sulfone groups is 1. The van der Waals surface area contributed by atoms with E-state index in [1.807, 2.05) is 44.2 Å². The van der Waals surface area contributed by atoms with E-state index in [9.17, 15) is 8.42 Å². The Balaban J connectivity index is 2.12. The summed E-state index contributed by atoms with van der Waals surface area (Å²) in [5.74, 6) is 0.295. The Hall–Kier alpha value is -1.76. The number of benzene rings is 2. The number of hydrogen-bond acceptors (Lipinski definition) is 5. The maximum absolute atomic E-state index is 13.1. The predicted molar refractivity (Wildman–Crippen MR) is 104 cm³/mol. The zero-order valence-electron chi connectivity index (χ0n) is 14.3. The Bertz CT molecular complexity index is 983. The number of thioether (sulfide) groups is 1. The molecular formula is C19H18ClNO3S2. The molecule has 0 saturated heterocycles. The highest BCUT2D eigenvalue weighted by molar-refractivity contribution is 8.00. The quantitative estimate of drug-likeness (QED) is 0.489. The summed E-state index contributed by atoms with van der Waals surface area (Å²) in [5.41, 5.74) is 0.732. The van der Waals surface area contributed by atoms with E-state index in [-0.39, 0.29) is 15.2 Å². The van der Waals surface area contributed by atoms with Gasteiger partial charge >= 0.3 is 0 Å². The van der Waals surface area contributed by atoms with Crippen molar-refractivity contribution in [3.05, 3.63) is 59.6 Å². The van der Waals surface area contributed by atoms with Gasteiger partial charge in [-0.3, -0.25) is 0 Å². The van der Waals surface area contributed by atoms with Gasteiger partial charge in [-0.25, -0.2) is 8.42 Å². The van der Waals surface area contributed by atoms with Gasteiger partial charge in [0.05, 0.1) is 4.90 Å². The van der Waals surface area contributed by atoms with Gasteiger partial charge in [0.25, 0.3) is 0 Å². The molecule has 4 nitrogen and oxygen atoms in total. The van der Waals surface area contributed by atoms with Crippen molar-refractivity contribution in [3.63, 3.8) is 0 Å². The van der Waals surface area contributed by atoms with Crippen molar-refractivity contribution in [2.75, 3.05) is 0 Å². The van der Waals surface area contributed by atoms with E-state index in [1.54, 1.807) is 12.1 Å². The number of nitrogens with zero attached hydrogens (tertiary/aromatic N) is 1. The topological polar surface area (TPSA) is 60.2 Å². The highest BCUT2D eigenvalue weighted by Gasteiger charge is 2.29. The normalized spacial score (nSPS) is 12.9. The van der Waals surface area contributed by atoms with Crippen LogP contribution in [0.15, 0.2) is 74.0 Å². The molecule has 0 spiro atoms. The van der Waals surface area contributed by atoms with E-state index >= 15 is 0 Å². The maximum Gasteiger partial charge on any atom is 0.228 e. The first-order valence-electron chi connectivity index (χ1n) is 8.15. The molecule has 0 N–H and O–H groups in total. The number of hydrogen-bond donors (Lipinski definition) is 0. The fourth-order valence-electron chi connectivity index (χ4n) is 2.23. The average molecular weight is 408 g/mol. The molecule has 0 amide bonds. The number of halogens is 1. The smallest absolute Gasteiger partial charge is 0.228 e. The summed E-state index contributed by atoms with van der Waals surface area (Å²) in [6, 6.07) is 15.3. The highest BCUT2D eigenvalue weighted by Crippen LogP contribution is 2.37. The average Bonchev–Trinajstić information content (AvgIpc) is 3.07. The van der Waals surface area contributed by atoms with Crippen LogP contribution in [0.3, 0.4) is 0 Å². The standard InChI is InChI=1S/C19H18ClNO3S2/c1-3-13(2)25-19-18(21-17(24-19)14-7-5-4-6-8-14)26(22,23)16-11-9-15(20)10-12-16/h4-13H,3H2,1-2H3/t13-/m0/s1. The molecule has 1 heterocycles.